The van der Waals surface area contributed by atoms with Gasteiger partial charge in [0.2, 0.25) is 0 Å². The molecule has 1 saturated carbocycles. The Kier molecular flexibility index (Phi) is 5.39. The lowest BCUT2D eigenvalue weighted by Gasteiger charge is -2.25. The second-order valence-corrected chi connectivity index (χ2v) is 5.15. The van der Waals surface area contributed by atoms with Gasteiger partial charge in [0.25, 0.3) is 0 Å². The van der Waals surface area contributed by atoms with Crippen molar-refractivity contribution < 1.29 is 17.9 Å². The number of alkyl halides is 4. The van der Waals surface area contributed by atoms with Crippen molar-refractivity contribution in [2.75, 3.05) is 6.61 Å². The van der Waals surface area contributed by atoms with Crippen LogP contribution in [0.3, 0.4) is 0 Å². The first-order chi connectivity index (χ1) is 6.99. The van der Waals surface area contributed by atoms with Crippen molar-refractivity contribution in [2.24, 2.45) is 0 Å². The molecule has 1 aliphatic carbocycles. The molecule has 2 unspecified atom stereocenters. The minimum atomic E-state index is -4.21. The molecule has 0 saturated heterocycles. The highest BCUT2D eigenvalue weighted by Crippen LogP contribution is 2.27. The van der Waals surface area contributed by atoms with E-state index in [4.69, 9.17) is 4.74 Å². The summed E-state index contributed by atoms with van der Waals surface area (Å²) in [5.74, 6) is 0. The van der Waals surface area contributed by atoms with Crippen LogP contribution in [0.4, 0.5) is 13.2 Å². The van der Waals surface area contributed by atoms with Crippen molar-refractivity contribution in [1.29, 1.82) is 0 Å². The Morgan fingerprint density at radius 1 is 1.07 bits per heavy atom. The van der Waals surface area contributed by atoms with Gasteiger partial charge in [-0.3, -0.25) is 0 Å². The predicted molar refractivity (Wildman–Crippen MR) is 56.2 cm³/mol. The van der Waals surface area contributed by atoms with E-state index in [-0.39, 0.29) is 10.9 Å². The molecule has 5 heteroatoms. The summed E-state index contributed by atoms with van der Waals surface area (Å²) in [6.07, 6.45) is 1.45. The third-order valence-electron chi connectivity index (χ3n) is 2.58. The van der Waals surface area contributed by atoms with Gasteiger partial charge in [-0.15, -0.1) is 0 Å². The summed E-state index contributed by atoms with van der Waals surface area (Å²) in [5, 5.41) is 0. The molecule has 1 fully saturated rings. The van der Waals surface area contributed by atoms with E-state index >= 15 is 0 Å². The van der Waals surface area contributed by atoms with E-state index in [2.05, 4.69) is 15.9 Å². The summed E-state index contributed by atoms with van der Waals surface area (Å²) in [4.78, 5) is 0.0696. The number of halogens is 4. The molecular formula is C10H16BrF3O. The molecule has 1 nitrogen and oxygen atoms in total. The number of hydrogen-bond donors (Lipinski definition) is 0. The lowest BCUT2D eigenvalue weighted by atomic mass is 9.98. The second-order valence-electron chi connectivity index (χ2n) is 3.97. The first-order valence-electron chi connectivity index (χ1n) is 5.31. The van der Waals surface area contributed by atoms with E-state index in [1.807, 2.05) is 0 Å². The zero-order chi connectivity index (χ0) is 11.3. The van der Waals surface area contributed by atoms with Crippen LogP contribution >= 0.6 is 15.9 Å². The summed E-state index contributed by atoms with van der Waals surface area (Å²) >= 11 is 3.41. The summed E-state index contributed by atoms with van der Waals surface area (Å²) in [7, 11) is 0. The van der Waals surface area contributed by atoms with Crippen LogP contribution < -0.4 is 0 Å². The van der Waals surface area contributed by atoms with Gasteiger partial charge in [-0.1, -0.05) is 41.6 Å². The van der Waals surface area contributed by atoms with E-state index in [0.29, 0.717) is 0 Å². The van der Waals surface area contributed by atoms with Gasteiger partial charge < -0.3 is 4.74 Å². The first kappa shape index (κ1) is 13.3. The van der Waals surface area contributed by atoms with Gasteiger partial charge in [-0.25, -0.2) is 0 Å². The van der Waals surface area contributed by atoms with Gasteiger partial charge >= 0.3 is 6.18 Å². The van der Waals surface area contributed by atoms with Crippen molar-refractivity contribution in [1.82, 2.24) is 0 Å². The van der Waals surface area contributed by atoms with Crippen LogP contribution in [-0.4, -0.2) is 23.7 Å². The smallest absolute Gasteiger partial charge is 0.368 e. The largest absolute Gasteiger partial charge is 0.411 e. The molecule has 0 N–H and O–H groups in total. The van der Waals surface area contributed by atoms with Gasteiger partial charge in [0.15, 0.2) is 0 Å². The number of rotatable bonds is 2. The molecule has 0 radical (unpaired) electrons. The van der Waals surface area contributed by atoms with Crippen LogP contribution in [0.25, 0.3) is 0 Å². The normalized spacial score (nSPS) is 29.6. The van der Waals surface area contributed by atoms with Gasteiger partial charge in [0.05, 0.1) is 6.10 Å². The third-order valence-corrected chi connectivity index (χ3v) is 3.63. The standard InChI is InChI=1S/C10H16BrF3O/c11-8-5-3-1-2-4-6-9(8)15-7-10(12,13)14/h8-9H,1-7H2. The minimum absolute atomic E-state index is 0.0696. The number of hydrogen-bond acceptors (Lipinski definition) is 1. The van der Waals surface area contributed by atoms with Crippen LogP contribution in [0.1, 0.15) is 38.5 Å². The second kappa shape index (κ2) is 6.09. The average Bonchev–Trinajstić information content (AvgIpc) is 2.09. The maximum Gasteiger partial charge on any atom is 0.411 e. The van der Waals surface area contributed by atoms with Crippen molar-refractivity contribution in [3.05, 3.63) is 0 Å². The lowest BCUT2D eigenvalue weighted by molar-refractivity contribution is -0.186. The zero-order valence-electron chi connectivity index (χ0n) is 8.52. The maximum atomic E-state index is 12.0. The van der Waals surface area contributed by atoms with Gasteiger partial charge in [0.1, 0.15) is 6.61 Å². The fourth-order valence-electron chi connectivity index (χ4n) is 1.79. The van der Waals surface area contributed by atoms with Gasteiger partial charge in [-0.2, -0.15) is 13.2 Å². The van der Waals surface area contributed by atoms with E-state index in [0.717, 1.165) is 32.1 Å². The van der Waals surface area contributed by atoms with Crippen LogP contribution in [0.2, 0.25) is 0 Å². The Hall–Kier alpha value is 0.230. The molecule has 0 heterocycles. The van der Waals surface area contributed by atoms with Gasteiger partial charge in [-0.05, 0) is 12.8 Å². The first-order valence-corrected chi connectivity index (χ1v) is 6.23. The Bertz CT molecular complexity index is 184. The number of ether oxygens (including phenoxy) is 1. The Morgan fingerprint density at radius 3 is 2.27 bits per heavy atom. The highest BCUT2D eigenvalue weighted by molar-refractivity contribution is 9.09. The summed E-state index contributed by atoms with van der Waals surface area (Å²) in [5.41, 5.74) is 0. The molecule has 0 aromatic carbocycles. The molecule has 15 heavy (non-hydrogen) atoms. The van der Waals surface area contributed by atoms with E-state index in [1.165, 1.54) is 6.42 Å². The summed E-state index contributed by atoms with van der Waals surface area (Å²) < 4.78 is 40.9. The Labute approximate surface area is 96.5 Å². The summed E-state index contributed by atoms with van der Waals surface area (Å²) in [6.45, 7) is -1.13. The molecule has 0 amide bonds. The molecule has 0 aromatic heterocycles. The van der Waals surface area contributed by atoms with Crippen molar-refractivity contribution in [3.63, 3.8) is 0 Å². The maximum absolute atomic E-state index is 12.0. The third kappa shape index (κ3) is 5.76. The molecule has 0 aromatic rings. The van der Waals surface area contributed by atoms with Crippen LogP contribution in [0.15, 0.2) is 0 Å². The van der Waals surface area contributed by atoms with E-state index in [9.17, 15) is 13.2 Å². The van der Waals surface area contributed by atoms with Crippen LogP contribution in [0.5, 0.6) is 0 Å². The molecule has 1 rings (SSSR count). The molecule has 0 aliphatic heterocycles. The minimum Gasteiger partial charge on any atom is -0.368 e. The zero-order valence-corrected chi connectivity index (χ0v) is 10.1. The predicted octanol–water partition coefficient (Wildman–Crippen LogP) is 4.05. The fourth-order valence-corrected chi connectivity index (χ4v) is 2.54. The Morgan fingerprint density at radius 2 is 1.67 bits per heavy atom. The highest BCUT2D eigenvalue weighted by atomic mass is 79.9. The SMILES string of the molecule is FC(F)(F)COC1CCCCCCC1Br. The van der Waals surface area contributed by atoms with Crippen molar-refractivity contribution >= 4 is 15.9 Å². The molecular weight excluding hydrogens is 273 g/mol. The van der Waals surface area contributed by atoms with E-state index < -0.39 is 12.8 Å². The van der Waals surface area contributed by atoms with Crippen LogP contribution in [-0.2, 0) is 4.74 Å². The van der Waals surface area contributed by atoms with Gasteiger partial charge in [0, 0.05) is 4.83 Å². The molecule has 1 aliphatic rings. The topological polar surface area (TPSA) is 9.23 Å². The monoisotopic (exact) mass is 288 g/mol. The average molecular weight is 289 g/mol. The van der Waals surface area contributed by atoms with E-state index in [1.54, 1.807) is 0 Å². The Balaban J connectivity index is 2.35. The molecule has 90 valence electrons. The van der Waals surface area contributed by atoms with Crippen molar-refractivity contribution in [3.8, 4) is 0 Å². The summed E-state index contributed by atoms with van der Waals surface area (Å²) in [6, 6.07) is 0. The fraction of sp³-hybridized carbons (Fsp3) is 1.00. The molecule has 0 spiro atoms. The highest BCUT2D eigenvalue weighted by Gasteiger charge is 2.31. The molecule has 2 atom stereocenters. The quantitative estimate of drug-likeness (QED) is 0.697. The lowest BCUT2D eigenvalue weighted by Crippen LogP contribution is -2.30. The molecule has 0 bridgehead atoms. The van der Waals surface area contributed by atoms with Crippen molar-refractivity contribution in [2.45, 2.75) is 55.6 Å². The van der Waals surface area contributed by atoms with Crippen LogP contribution in [0, 0.1) is 0 Å².